The van der Waals surface area contributed by atoms with Crippen molar-refractivity contribution in [3.63, 3.8) is 0 Å². The summed E-state index contributed by atoms with van der Waals surface area (Å²) in [4.78, 5) is 13.7. The fourth-order valence-electron chi connectivity index (χ4n) is 1.65. The normalized spacial score (nSPS) is 12.2. The second kappa shape index (κ2) is 6.07. The fraction of sp³-hybridized carbons (Fsp3) is 0.154. The molecule has 1 heterocycles. The Morgan fingerprint density at radius 3 is 2.63 bits per heavy atom. The van der Waals surface area contributed by atoms with Crippen molar-refractivity contribution >= 4 is 54.8 Å². The maximum absolute atomic E-state index is 11.6. The van der Waals surface area contributed by atoms with Crippen LogP contribution in [0.1, 0.15) is 15.8 Å². The standard InChI is InChI=1S/C13H12Br2N2OS/c1-7-10(15)6-11(19-7)12(13(16)18)17-9-4-2-3-8(14)5-9/h2-6,12,17H,1H3,(H2,16,18). The molecule has 3 nitrogen and oxygen atoms in total. The molecule has 0 aliphatic heterocycles. The van der Waals surface area contributed by atoms with E-state index in [1.807, 2.05) is 37.3 Å². The molecule has 2 rings (SSSR count). The van der Waals surface area contributed by atoms with Crippen LogP contribution in [0.25, 0.3) is 0 Å². The number of halogens is 2. The summed E-state index contributed by atoms with van der Waals surface area (Å²) in [6.07, 6.45) is 0. The Kier molecular flexibility index (Phi) is 4.65. The zero-order valence-corrected chi connectivity index (χ0v) is 14.1. The molecule has 2 aromatic rings. The number of carbonyl (C=O) groups excluding carboxylic acids is 1. The molecule has 1 unspecified atom stereocenters. The van der Waals surface area contributed by atoms with Crippen molar-refractivity contribution in [1.29, 1.82) is 0 Å². The van der Waals surface area contributed by atoms with Gasteiger partial charge in [0.25, 0.3) is 0 Å². The number of anilines is 1. The second-order valence-electron chi connectivity index (χ2n) is 4.04. The van der Waals surface area contributed by atoms with Crippen LogP contribution in [0.4, 0.5) is 5.69 Å². The topological polar surface area (TPSA) is 55.1 Å². The Bertz CT molecular complexity index is 593. The lowest BCUT2D eigenvalue weighted by Crippen LogP contribution is -2.26. The summed E-state index contributed by atoms with van der Waals surface area (Å²) in [5, 5.41) is 3.16. The van der Waals surface area contributed by atoms with Gasteiger partial charge in [-0.15, -0.1) is 11.3 Å². The van der Waals surface area contributed by atoms with Gasteiger partial charge in [-0.3, -0.25) is 4.79 Å². The predicted molar refractivity (Wildman–Crippen MR) is 86.5 cm³/mol. The van der Waals surface area contributed by atoms with Crippen molar-refractivity contribution in [1.82, 2.24) is 0 Å². The summed E-state index contributed by atoms with van der Waals surface area (Å²) in [5.74, 6) is -0.395. The zero-order valence-electron chi connectivity index (χ0n) is 10.1. The number of thiophene rings is 1. The van der Waals surface area contributed by atoms with E-state index < -0.39 is 11.9 Å². The number of hydrogen-bond donors (Lipinski definition) is 2. The largest absolute Gasteiger partial charge is 0.369 e. The Morgan fingerprint density at radius 1 is 1.37 bits per heavy atom. The summed E-state index contributed by atoms with van der Waals surface area (Å²) in [5.41, 5.74) is 6.34. The number of hydrogen-bond acceptors (Lipinski definition) is 3. The van der Waals surface area contributed by atoms with Gasteiger partial charge in [0.05, 0.1) is 0 Å². The minimum Gasteiger partial charge on any atom is -0.369 e. The molecule has 0 bridgehead atoms. The molecule has 100 valence electrons. The van der Waals surface area contributed by atoms with E-state index in [-0.39, 0.29) is 0 Å². The van der Waals surface area contributed by atoms with Crippen LogP contribution >= 0.6 is 43.2 Å². The highest BCUT2D eigenvalue weighted by molar-refractivity contribution is 9.10. The van der Waals surface area contributed by atoms with Crippen LogP contribution in [0.5, 0.6) is 0 Å². The molecule has 3 N–H and O–H groups in total. The first-order valence-electron chi connectivity index (χ1n) is 5.54. The molecule has 0 saturated carbocycles. The van der Waals surface area contributed by atoms with E-state index in [9.17, 15) is 4.79 Å². The predicted octanol–water partition coefficient (Wildman–Crippen LogP) is 4.22. The van der Waals surface area contributed by atoms with Crippen LogP contribution in [-0.2, 0) is 4.79 Å². The highest BCUT2D eigenvalue weighted by atomic mass is 79.9. The average Bonchev–Trinajstić information content (AvgIpc) is 2.66. The van der Waals surface area contributed by atoms with Gasteiger partial charge in [-0.2, -0.15) is 0 Å². The number of amides is 1. The summed E-state index contributed by atoms with van der Waals surface area (Å²) in [7, 11) is 0. The molecule has 6 heteroatoms. The van der Waals surface area contributed by atoms with Crippen molar-refractivity contribution in [3.8, 4) is 0 Å². The minimum atomic E-state index is -0.524. The highest BCUT2D eigenvalue weighted by Gasteiger charge is 2.20. The van der Waals surface area contributed by atoms with Gasteiger partial charge in [0, 0.05) is 24.4 Å². The number of nitrogens with one attached hydrogen (secondary N) is 1. The quantitative estimate of drug-likeness (QED) is 0.802. The lowest BCUT2D eigenvalue weighted by Gasteiger charge is -2.15. The smallest absolute Gasteiger partial charge is 0.245 e. The van der Waals surface area contributed by atoms with Gasteiger partial charge in [-0.05, 0) is 47.1 Å². The van der Waals surface area contributed by atoms with Gasteiger partial charge in [0.1, 0.15) is 6.04 Å². The molecule has 19 heavy (non-hydrogen) atoms. The zero-order chi connectivity index (χ0) is 14.0. The van der Waals surface area contributed by atoms with Gasteiger partial charge in [0.2, 0.25) is 5.91 Å². The van der Waals surface area contributed by atoms with Crippen LogP contribution in [0.3, 0.4) is 0 Å². The van der Waals surface area contributed by atoms with E-state index >= 15 is 0 Å². The van der Waals surface area contributed by atoms with E-state index in [1.165, 1.54) is 0 Å². The summed E-state index contributed by atoms with van der Waals surface area (Å²) < 4.78 is 1.94. The Labute approximate surface area is 132 Å². The molecule has 0 aliphatic carbocycles. The molecule has 0 aliphatic rings. The molecule has 1 atom stereocenters. The SMILES string of the molecule is Cc1sc(C(Nc2cccc(Br)c2)C(N)=O)cc1Br. The monoisotopic (exact) mass is 402 g/mol. The molecule has 1 aromatic carbocycles. The van der Waals surface area contributed by atoms with Crippen LogP contribution in [-0.4, -0.2) is 5.91 Å². The van der Waals surface area contributed by atoms with E-state index in [1.54, 1.807) is 11.3 Å². The fourth-order valence-corrected chi connectivity index (χ4v) is 3.67. The van der Waals surface area contributed by atoms with Gasteiger partial charge >= 0.3 is 0 Å². The van der Waals surface area contributed by atoms with Crippen LogP contribution in [0.15, 0.2) is 39.3 Å². The number of nitrogens with two attached hydrogens (primary N) is 1. The summed E-state index contributed by atoms with van der Waals surface area (Å²) >= 11 is 8.41. The number of rotatable bonds is 4. The Balaban J connectivity index is 2.29. The first-order valence-corrected chi connectivity index (χ1v) is 7.95. The summed E-state index contributed by atoms with van der Waals surface area (Å²) in [6.45, 7) is 2.00. The van der Waals surface area contributed by atoms with Gasteiger partial charge in [-0.1, -0.05) is 22.0 Å². The van der Waals surface area contributed by atoms with Crippen molar-refractivity contribution in [2.75, 3.05) is 5.32 Å². The van der Waals surface area contributed by atoms with Crippen LogP contribution < -0.4 is 11.1 Å². The maximum atomic E-state index is 11.6. The first kappa shape index (κ1) is 14.6. The van der Waals surface area contributed by atoms with Crippen molar-refractivity contribution in [3.05, 3.63) is 49.0 Å². The van der Waals surface area contributed by atoms with E-state index in [0.29, 0.717) is 0 Å². The number of aryl methyl sites for hydroxylation is 1. The third-order valence-corrected chi connectivity index (χ3v) is 5.28. The molecular weight excluding hydrogens is 392 g/mol. The molecule has 0 radical (unpaired) electrons. The maximum Gasteiger partial charge on any atom is 0.245 e. The lowest BCUT2D eigenvalue weighted by molar-refractivity contribution is -0.118. The molecule has 1 amide bonds. The van der Waals surface area contributed by atoms with Crippen LogP contribution in [0.2, 0.25) is 0 Å². The van der Waals surface area contributed by atoms with E-state index in [4.69, 9.17) is 5.73 Å². The first-order chi connectivity index (χ1) is 8.97. The van der Waals surface area contributed by atoms with E-state index in [0.717, 1.165) is 24.4 Å². The minimum absolute atomic E-state index is 0.395. The van der Waals surface area contributed by atoms with E-state index in [2.05, 4.69) is 37.2 Å². The van der Waals surface area contributed by atoms with Gasteiger partial charge < -0.3 is 11.1 Å². The molecule has 1 aromatic heterocycles. The Hall–Kier alpha value is -0.850. The third kappa shape index (κ3) is 3.58. The molecule has 0 fully saturated rings. The van der Waals surface area contributed by atoms with Crippen molar-refractivity contribution in [2.24, 2.45) is 5.73 Å². The average molecular weight is 404 g/mol. The lowest BCUT2D eigenvalue weighted by atomic mass is 10.2. The molecule has 0 saturated heterocycles. The second-order valence-corrected chi connectivity index (χ2v) is 7.10. The van der Waals surface area contributed by atoms with Crippen LogP contribution in [0, 0.1) is 6.92 Å². The highest BCUT2D eigenvalue weighted by Crippen LogP contribution is 2.32. The van der Waals surface area contributed by atoms with Gasteiger partial charge in [0.15, 0.2) is 0 Å². The summed E-state index contributed by atoms with van der Waals surface area (Å²) in [6, 6.07) is 9.04. The number of carbonyl (C=O) groups is 1. The Morgan fingerprint density at radius 2 is 2.11 bits per heavy atom. The van der Waals surface area contributed by atoms with Crippen molar-refractivity contribution in [2.45, 2.75) is 13.0 Å². The number of primary amides is 1. The molecule has 0 spiro atoms. The van der Waals surface area contributed by atoms with Crippen molar-refractivity contribution < 1.29 is 4.79 Å². The number of benzene rings is 1. The van der Waals surface area contributed by atoms with Gasteiger partial charge in [-0.25, -0.2) is 0 Å². The third-order valence-electron chi connectivity index (χ3n) is 2.58. The molecular formula is C13H12Br2N2OS.